The molecule has 8 heterocycles. The molecule has 0 spiro atoms. The fraction of sp³-hybridized carbons (Fsp3) is 0. The first-order valence-electron chi connectivity index (χ1n) is 37.7. The molecular formula is C102H66N10. The van der Waals surface area contributed by atoms with Crippen molar-refractivity contribution in [2.45, 2.75) is 0 Å². The van der Waals surface area contributed by atoms with E-state index in [0.717, 1.165) is 134 Å². The SMILES string of the molecule is c1ccc(-c2cc(-c3cccc(-n4c5ccc(-c6cccc7c6c6ccccc6n7-c6ccccc6)cc5c5ncccc54)c3)nc(-c3ccccc3)n2)cc1.c1ccc(-c2cc(-c3ccccc3)nc(-c3cccc(-n4c5ccc(-c6cccc7c6c6ccccc6n7-c6ccccc6)cc5c5ncccc54)c3)n2)cc1. The average Bonchev–Trinajstić information content (AvgIpc) is 1.59. The van der Waals surface area contributed by atoms with E-state index in [4.69, 9.17) is 29.9 Å². The Balaban J connectivity index is 0.000000141. The molecule has 8 aromatic heterocycles. The van der Waals surface area contributed by atoms with Gasteiger partial charge in [-0.2, -0.15) is 0 Å². The first-order valence-corrected chi connectivity index (χ1v) is 37.7. The summed E-state index contributed by atoms with van der Waals surface area (Å²) in [5, 5.41) is 7.14. The van der Waals surface area contributed by atoms with Gasteiger partial charge in [0.1, 0.15) is 0 Å². The number of pyridine rings is 2. The van der Waals surface area contributed by atoms with E-state index < -0.39 is 0 Å². The van der Waals surface area contributed by atoms with Crippen LogP contribution in [0.5, 0.6) is 0 Å². The van der Waals surface area contributed by atoms with Crippen molar-refractivity contribution in [1.82, 2.24) is 48.2 Å². The molecule has 0 saturated heterocycles. The molecule has 22 aromatic rings. The maximum Gasteiger partial charge on any atom is 0.160 e. The van der Waals surface area contributed by atoms with Gasteiger partial charge in [-0.25, -0.2) is 19.9 Å². The Kier molecular flexibility index (Phi) is 16.0. The van der Waals surface area contributed by atoms with Gasteiger partial charge < -0.3 is 18.3 Å². The van der Waals surface area contributed by atoms with Gasteiger partial charge >= 0.3 is 0 Å². The second-order valence-corrected chi connectivity index (χ2v) is 28.1. The molecule has 0 aliphatic rings. The molecule has 0 atom stereocenters. The largest absolute Gasteiger partial charge is 0.309 e. The van der Waals surface area contributed by atoms with Gasteiger partial charge in [0.2, 0.25) is 0 Å². The van der Waals surface area contributed by atoms with Gasteiger partial charge in [-0.1, -0.05) is 255 Å². The summed E-state index contributed by atoms with van der Waals surface area (Å²) in [6.45, 7) is 0. The smallest absolute Gasteiger partial charge is 0.160 e. The van der Waals surface area contributed by atoms with Gasteiger partial charge in [-0.3, -0.25) is 9.97 Å². The Morgan fingerprint density at radius 1 is 0.179 bits per heavy atom. The Morgan fingerprint density at radius 2 is 0.491 bits per heavy atom. The van der Waals surface area contributed by atoms with Crippen molar-refractivity contribution >= 4 is 87.5 Å². The normalized spacial score (nSPS) is 11.6. The number of hydrogen-bond donors (Lipinski definition) is 0. The van der Waals surface area contributed by atoms with Gasteiger partial charge in [0, 0.05) is 101 Å². The van der Waals surface area contributed by atoms with E-state index in [0.29, 0.717) is 11.6 Å². The number of aromatic nitrogens is 10. The molecule has 0 unspecified atom stereocenters. The van der Waals surface area contributed by atoms with Crippen molar-refractivity contribution in [3.05, 3.63) is 401 Å². The first kappa shape index (κ1) is 65.1. The number of hydrogen-bond acceptors (Lipinski definition) is 6. The summed E-state index contributed by atoms with van der Waals surface area (Å²) in [4.78, 5) is 30.3. The maximum absolute atomic E-state index is 5.12. The Labute approximate surface area is 645 Å². The van der Waals surface area contributed by atoms with E-state index in [1.807, 2.05) is 97.3 Å². The minimum atomic E-state index is 0.677. The molecule has 112 heavy (non-hydrogen) atoms. The van der Waals surface area contributed by atoms with Gasteiger partial charge in [0.15, 0.2) is 11.6 Å². The van der Waals surface area contributed by atoms with Crippen LogP contribution in [0.15, 0.2) is 401 Å². The monoisotopic (exact) mass is 1430 g/mol. The lowest BCUT2D eigenvalue weighted by Gasteiger charge is -2.12. The number of para-hydroxylation sites is 4. The van der Waals surface area contributed by atoms with Crippen molar-refractivity contribution in [2.75, 3.05) is 0 Å². The molecule has 22 rings (SSSR count). The van der Waals surface area contributed by atoms with E-state index in [-0.39, 0.29) is 0 Å². The summed E-state index contributed by atoms with van der Waals surface area (Å²) >= 11 is 0. The summed E-state index contributed by atoms with van der Waals surface area (Å²) in [5.41, 5.74) is 29.6. The molecule has 0 aliphatic heterocycles. The van der Waals surface area contributed by atoms with Gasteiger partial charge in [0.05, 0.1) is 77.9 Å². The summed E-state index contributed by atoms with van der Waals surface area (Å²) < 4.78 is 9.38. The van der Waals surface area contributed by atoms with Crippen LogP contribution >= 0.6 is 0 Å². The third-order valence-corrected chi connectivity index (χ3v) is 21.5. The molecule has 0 aliphatic carbocycles. The Hall–Kier alpha value is -15.3. The van der Waals surface area contributed by atoms with Crippen LogP contribution in [0.1, 0.15) is 0 Å². The number of rotatable bonds is 12. The van der Waals surface area contributed by atoms with Crippen molar-refractivity contribution in [1.29, 1.82) is 0 Å². The number of benzene rings is 14. The zero-order chi connectivity index (χ0) is 74.0. The van der Waals surface area contributed by atoms with Crippen LogP contribution in [-0.4, -0.2) is 48.2 Å². The van der Waals surface area contributed by atoms with Crippen molar-refractivity contribution < 1.29 is 0 Å². The molecule has 10 nitrogen and oxygen atoms in total. The van der Waals surface area contributed by atoms with Crippen LogP contribution < -0.4 is 0 Å². The highest BCUT2D eigenvalue weighted by Gasteiger charge is 2.23. The van der Waals surface area contributed by atoms with Gasteiger partial charge in [0.25, 0.3) is 0 Å². The second kappa shape index (κ2) is 27.5. The van der Waals surface area contributed by atoms with Crippen molar-refractivity contribution in [2.24, 2.45) is 0 Å². The van der Waals surface area contributed by atoms with Gasteiger partial charge in [-0.15, -0.1) is 0 Å². The molecule has 0 fully saturated rings. The predicted molar refractivity (Wildman–Crippen MR) is 460 cm³/mol. The molecule has 0 N–H and O–H groups in total. The summed E-state index contributed by atoms with van der Waals surface area (Å²) in [7, 11) is 0. The summed E-state index contributed by atoms with van der Waals surface area (Å²) in [6.07, 6.45) is 3.78. The summed E-state index contributed by atoms with van der Waals surface area (Å²) in [5.74, 6) is 1.37. The lowest BCUT2D eigenvalue weighted by atomic mass is 9.98. The third kappa shape index (κ3) is 11.4. The molecule has 0 amide bonds. The lowest BCUT2D eigenvalue weighted by molar-refractivity contribution is 1.15. The Morgan fingerprint density at radius 3 is 0.938 bits per heavy atom. The van der Waals surface area contributed by atoms with Crippen LogP contribution in [0.25, 0.3) is 200 Å². The van der Waals surface area contributed by atoms with E-state index in [1.165, 1.54) is 54.7 Å². The topological polar surface area (TPSA) is 97.1 Å². The zero-order valence-corrected chi connectivity index (χ0v) is 60.6. The predicted octanol–water partition coefficient (Wildman–Crippen LogP) is 25.5. The van der Waals surface area contributed by atoms with E-state index >= 15 is 0 Å². The second-order valence-electron chi connectivity index (χ2n) is 28.1. The van der Waals surface area contributed by atoms with Crippen LogP contribution in [0, 0.1) is 0 Å². The van der Waals surface area contributed by atoms with Crippen LogP contribution in [0.2, 0.25) is 0 Å². The maximum atomic E-state index is 5.12. The fourth-order valence-electron chi connectivity index (χ4n) is 16.5. The lowest BCUT2D eigenvalue weighted by Crippen LogP contribution is -1.98. The average molecular weight is 1430 g/mol. The van der Waals surface area contributed by atoms with Crippen LogP contribution in [0.3, 0.4) is 0 Å². The molecule has 524 valence electrons. The van der Waals surface area contributed by atoms with E-state index in [9.17, 15) is 0 Å². The highest BCUT2D eigenvalue weighted by Crippen LogP contribution is 2.45. The molecular weight excluding hydrogens is 1370 g/mol. The quantitative estimate of drug-likeness (QED) is 0.121. The molecule has 0 radical (unpaired) electrons. The minimum Gasteiger partial charge on any atom is -0.309 e. The summed E-state index contributed by atoms with van der Waals surface area (Å²) in [6, 6.07) is 136. The van der Waals surface area contributed by atoms with E-state index in [2.05, 4.69) is 322 Å². The highest BCUT2D eigenvalue weighted by atomic mass is 15.0. The fourth-order valence-corrected chi connectivity index (χ4v) is 16.5. The third-order valence-electron chi connectivity index (χ3n) is 21.5. The minimum absolute atomic E-state index is 0.677. The van der Waals surface area contributed by atoms with Crippen LogP contribution in [-0.2, 0) is 0 Å². The zero-order valence-electron chi connectivity index (χ0n) is 60.6. The molecule has 0 saturated carbocycles. The number of nitrogens with zero attached hydrogens (tertiary/aromatic N) is 10. The first-order chi connectivity index (χ1) is 55.6. The van der Waals surface area contributed by atoms with Gasteiger partial charge in [-0.05, 0) is 156 Å². The molecule has 10 heteroatoms. The highest BCUT2D eigenvalue weighted by molar-refractivity contribution is 6.19. The van der Waals surface area contributed by atoms with Crippen molar-refractivity contribution in [3.63, 3.8) is 0 Å². The standard InChI is InChI=1S/2C51H33N5/c1-4-15-34(16-5-1)43-33-44(54-51(53-43)35-17-6-2-7-18-35)37-19-12-22-39(31-37)56-46-29-28-36(32-42(46)50-48(56)27-14-30-52-50)40-24-13-26-47-49(40)41-23-10-11-25-45(41)55(47)38-20-8-3-9-21-38;1-4-15-34(16-5-1)43-33-44(35-17-6-2-7-18-35)54-51(53-43)37-19-12-22-39(31-37)56-46-29-28-36(32-42(46)50-48(56)27-14-30-52-50)40-24-13-26-47-49(40)41-23-10-11-25-45(41)55(47)38-20-8-3-9-21-38/h2*1-33H. The molecule has 0 bridgehead atoms. The number of fused-ring (bicyclic) bond motifs is 12. The van der Waals surface area contributed by atoms with Crippen LogP contribution in [0.4, 0.5) is 0 Å². The molecule has 14 aromatic carbocycles. The van der Waals surface area contributed by atoms with E-state index in [1.54, 1.807) is 0 Å². The van der Waals surface area contributed by atoms with Crippen molar-refractivity contribution in [3.8, 4) is 113 Å². The Bertz CT molecular complexity index is 6800.